The summed E-state index contributed by atoms with van der Waals surface area (Å²) in [4.78, 5) is 25.7. The number of likely N-dealkylation sites (tertiary alicyclic amines) is 1. The molecule has 0 aromatic heterocycles. The van der Waals surface area contributed by atoms with Crippen LogP contribution in [0.25, 0.3) is 0 Å². The van der Waals surface area contributed by atoms with Crippen molar-refractivity contribution in [1.29, 1.82) is 0 Å². The number of hydrogen-bond donors (Lipinski definition) is 1. The number of rotatable bonds is 4. The Kier molecular flexibility index (Phi) is 4.61. The summed E-state index contributed by atoms with van der Waals surface area (Å²) in [5.41, 5.74) is 0. The van der Waals surface area contributed by atoms with Crippen LogP contribution in [0.15, 0.2) is 0 Å². The van der Waals surface area contributed by atoms with Crippen molar-refractivity contribution in [3.8, 4) is 0 Å². The molecule has 0 unspecified atom stereocenters. The van der Waals surface area contributed by atoms with E-state index < -0.39 is 0 Å². The van der Waals surface area contributed by atoms with E-state index in [2.05, 4.69) is 12.2 Å². The Balaban J connectivity index is 1.80. The minimum Gasteiger partial charge on any atom is -0.353 e. The average molecular weight is 252 g/mol. The van der Waals surface area contributed by atoms with Crippen molar-refractivity contribution in [2.45, 2.75) is 57.9 Å². The Morgan fingerprint density at radius 3 is 2.72 bits per heavy atom. The van der Waals surface area contributed by atoms with Crippen molar-refractivity contribution in [3.05, 3.63) is 0 Å². The van der Waals surface area contributed by atoms with E-state index in [1.807, 2.05) is 4.90 Å². The highest BCUT2D eigenvalue weighted by atomic mass is 16.2. The van der Waals surface area contributed by atoms with Crippen LogP contribution in [-0.4, -0.2) is 35.8 Å². The lowest BCUT2D eigenvalue weighted by Crippen LogP contribution is -2.40. The maximum absolute atomic E-state index is 12.1. The lowest BCUT2D eigenvalue weighted by Gasteiger charge is -2.24. The normalized spacial score (nSPS) is 25.5. The first kappa shape index (κ1) is 13.4. The Labute approximate surface area is 109 Å². The van der Waals surface area contributed by atoms with Gasteiger partial charge >= 0.3 is 0 Å². The predicted molar refractivity (Wildman–Crippen MR) is 70.0 cm³/mol. The van der Waals surface area contributed by atoms with Gasteiger partial charge in [0, 0.05) is 25.6 Å². The highest BCUT2D eigenvalue weighted by molar-refractivity contribution is 5.89. The zero-order valence-electron chi connectivity index (χ0n) is 11.3. The molecule has 1 atom stereocenters. The summed E-state index contributed by atoms with van der Waals surface area (Å²) in [6, 6.07) is 0.349. The Morgan fingerprint density at radius 1 is 1.33 bits per heavy atom. The molecule has 1 N–H and O–H groups in total. The largest absolute Gasteiger partial charge is 0.353 e. The van der Waals surface area contributed by atoms with Crippen molar-refractivity contribution in [3.63, 3.8) is 0 Å². The van der Waals surface area contributed by atoms with Gasteiger partial charge in [0.25, 0.3) is 0 Å². The molecule has 0 bridgehead atoms. The molecule has 1 saturated heterocycles. The van der Waals surface area contributed by atoms with Crippen molar-refractivity contribution in [2.75, 3.05) is 13.1 Å². The molecule has 2 aliphatic rings. The first-order valence-electron chi connectivity index (χ1n) is 7.29. The number of nitrogens with zero attached hydrogens (tertiary/aromatic N) is 1. The number of nitrogens with one attached hydrogen (secondary N) is 1. The zero-order chi connectivity index (χ0) is 13.0. The van der Waals surface area contributed by atoms with Gasteiger partial charge in [0.05, 0.1) is 5.92 Å². The van der Waals surface area contributed by atoms with Gasteiger partial charge < -0.3 is 10.2 Å². The fraction of sp³-hybridized carbons (Fsp3) is 0.857. The van der Waals surface area contributed by atoms with E-state index in [0.717, 1.165) is 25.8 Å². The maximum Gasteiger partial charge on any atom is 0.225 e. The predicted octanol–water partition coefficient (Wildman–Crippen LogP) is 1.69. The summed E-state index contributed by atoms with van der Waals surface area (Å²) in [7, 11) is 0. The minimum atomic E-state index is -0.119. The van der Waals surface area contributed by atoms with Crippen molar-refractivity contribution in [1.82, 2.24) is 10.2 Å². The molecule has 102 valence electrons. The van der Waals surface area contributed by atoms with Crippen LogP contribution in [0.3, 0.4) is 0 Å². The fourth-order valence-electron chi connectivity index (χ4n) is 3.00. The van der Waals surface area contributed by atoms with E-state index in [-0.39, 0.29) is 17.7 Å². The minimum absolute atomic E-state index is 0.0915. The van der Waals surface area contributed by atoms with E-state index >= 15 is 0 Å². The second kappa shape index (κ2) is 6.21. The molecule has 2 amide bonds. The molecule has 0 spiro atoms. The highest BCUT2D eigenvalue weighted by Gasteiger charge is 2.34. The van der Waals surface area contributed by atoms with E-state index in [9.17, 15) is 9.59 Å². The van der Waals surface area contributed by atoms with Gasteiger partial charge in [0.1, 0.15) is 0 Å². The molecule has 2 fully saturated rings. The van der Waals surface area contributed by atoms with Crippen LogP contribution in [0.4, 0.5) is 0 Å². The van der Waals surface area contributed by atoms with Crippen molar-refractivity contribution >= 4 is 11.8 Å². The summed E-state index contributed by atoms with van der Waals surface area (Å²) in [5, 5.41) is 3.13. The summed E-state index contributed by atoms with van der Waals surface area (Å²) in [6.45, 7) is 3.46. The number of carbonyl (C=O) groups is 2. The van der Waals surface area contributed by atoms with Gasteiger partial charge in [0.2, 0.25) is 11.8 Å². The first-order chi connectivity index (χ1) is 8.70. The number of hydrogen-bond acceptors (Lipinski definition) is 2. The molecule has 1 aliphatic heterocycles. The van der Waals surface area contributed by atoms with Crippen LogP contribution < -0.4 is 5.32 Å². The molecule has 4 nitrogen and oxygen atoms in total. The maximum atomic E-state index is 12.1. The second-order valence-corrected chi connectivity index (χ2v) is 5.58. The Morgan fingerprint density at radius 2 is 2.06 bits per heavy atom. The average Bonchev–Trinajstić information content (AvgIpc) is 2.73. The van der Waals surface area contributed by atoms with Crippen LogP contribution in [-0.2, 0) is 9.59 Å². The smallest absolute Gasteiger partial charge is 0.225 e. The van der Waals surface area contributed by atoms with Crippen LogP contribution in [0.1, 0.15) is 51.9 Å². The molecule has 1 saturated carbocycles. The molecule has 0 aromatic rings. The SMILES string of the molecule is CCCN1C[C@@H](C(=O)NC2CCCCC2)CC1=O. The number of carbonyl (C=O) groups excluding carboxylic acids is 2. The molecular weight excluding hydrogens is 228 g/mol. The third-order valence-corrected chi connectivity index (χ3v) is 4.03. The van der Waals surface area contributed by atoms with E-state index in [4.69, 9.17) is 0 Å². The van der Waals surface area contributed by atoms with Crippen LogP contribution in [0.5, 0.6) is 0 Å². The molecule has 2 rings (SSSR count). The molecule has 1 heterocycles. The van der Waals surface area contributed by atoms with E-state index in [0.29, 0.717) is 19.0 Å². The zero-order valence-corrected chi connectivity index (χ0v) is 11.3. The van der Waals surface area contributed by atoms with Crippen molar-refractivity contribution < 1.29 is 9.59 Å². The van der Waals surface area contributed by atoms with Crippen LogP contribution >= 0.6 is 0 Å². The standard InChI is InChI=1S/C14H24N2O2/c1-2-8-16-10-11(9-13(16)17)14(18)15-12-6-4-3-5-7-12/h11-12H,2-10H2,1H3,(H,15,18)/t11-/m0/s1. The Bertz CT molecular complexity index is 311. The molecule has 18 heavy (non-hydrogen) atoms. The summed E-state index contributed by atoms with van der Waals surface area (Å²) < 4.78 is 0. The van der Waals surface area contributed by atoms with Gasteiger partial charge in [-0.25, -0.2) is 0 Å². The molecular formula is C14H24N2O2. The topological polar surface area (TPSA) is 49.4 Å². The first-order valence-corrected chi connectivity index (χ1v) is 7.29. The van der Waals surface area contributed by atoms with E-state index in [1.54, 1.807) is 0 Å². The van der Waals surface area contributed by atoms with Gasteiger partial charge in [-0.2, -0.15) is 0 Å². The molecule has 4 heteroatoms. The van der Waals surface area contributed by atoms with E-state index in [1.165, 1.54) is 19.3 Å². The Hall–Kier alpha value is -1.06. The number of amides is 2. The lowest BCUT2D eigenvalue weighted by atomic mass is 9.95. The van der Waals surface area contributed by atoms with Gasteiger partial charge in [-0.15, -0.1) is 0 Å². The fourth-order valence-corrected chi connectivity index (χ4v) is 3.00. The third-order valence-electron chi connectivity index (χ3n) is 4.03. The van der Waals surface area contributed by atoms with Crippen molar-refractivity contribution in [2.24, 2.45) is 5.92 Å². The van der Waals surface area contributed by atoms with Gasteiger partial charge in [-0.05, 0) is 19.3 Å². The lowest BCUT2D eigenvalue weighted by molar-refractivity contribution is -0.129. The summed E-state index contributed by atoms with van der Waals surface area (Å²) in [6.07, 6.45) is 7.29. The summed E-state index contributed by atoms with van der Waals surface area (Å²) in [5.74, 6) is 0.112. The van der Waals surface area contributed by atoms with Gasteiger partial charge in [0.15, 0.2) is 0 Å². The highest BCUT2D eigenvalue weighted by Crippen LogP contribution is 2.21. The molecule has 1 aliphatic carbocycles. The van der Waals surface area contributed by atoms with Gasteiger partial charge in [-0.1, -0.05) is 26.2 Å². The van der Waals surface area contributed by atoms with Crippen LogP contribution in [0, 0.1) is 5.92 Å². The van der Waals surface area contributed by atoms with Crippen LogP contribution in [0.2, 0.25) is 0 Å². The quantitative estimate of drug-likeness (QED) is 0.828. The molecule has 0 radical (unpaired) electrons. The van der Waals surface area contributed by atoms with Gasteiger partial charge in [-0.3, -0.25) is 9.59 Å². The third kappa shape index (κ3) is 3.24. The molecule has 0 aromatic carbocycles. The second-order valence-electron chi connectivity index (χ2n) is 5.58. The summed E-state index contributed by atoms with van der Waals surface area (Å²) >= 11 is 0. The monoisotopic (exact) mass is 252 g/mol.